The van der Waals surface area contributed by atoms with Crippen LogP contribution in [0.15, 0.2) is 82.9 Å². The van der Waals surface area contributed by atoms with Gasteiger partial charge in [-0.15, -0.1) is 0 Å². The summed E-state index contributed by atoms with van der Waals surface area (Å²) in [5, 5.41) is 3.01. The van der Waals surface area contributed by atoms with E-state index in [2.05, 4.69) is 28.5 Å². The monoisotopic (exact) mass is 339 g/mol. The summed E-state index contributed by atoms with van der Waals surface area (Å²) in [7, 11) is 0. The summed E-state index contributed by atoms with van der Waals surface area (Å²) in [5.74, 6) is 0. The van der Waals surface area contributed by atoms with Crippen molar-refractivity contribution in [3.05, 3.63) is 72.9 Å². The molecule has 0 bridgehead atoms. The van der Waals surface area contributed by atoms with Crippen molar-refractivity contribution in [1.29, 1.82) is 0 Å². The maximum absolute atomic E-state index is 5.61. The van der Waals surface area contributed by atoms with Gasteiger partial charge in [-0.05, 0) is 25.0 Å². The van der Waals surface area contributed by atoms with Crippen molar-refractivity contribution in [2.45, 2.75) is 25.9 Å². The molecule has 0 fully saturated rings. The van der Waals surface area contributed by atoms with E-state index in [0.717, 1.165) is 11.1 Å². The molecule has 0 aromatic carbocycles. The van der Waals surface area contributed by atoms with Gasteiger partial charge in [-0.25, -0.2) is 9.98 Å². The van der Waals surface area contributed by atoms with Crippen molar-refractivity contribution < 1.29 is 9.47 Å². The quantitative estimate of drug-likeness (QED) is 0.754. The highest BCUT2D eigenvalue weighted by molar-refractivity contribution is 5.94. The second-order valence-electron chi connectivity index (χ2n) is 5.43. The second kappa shape index (κ2) is 9.47. The number of aliphatic imine (C=N–C) groups is 2. The standard InChI is InChI=1S/C20H25N3O2/c1-5-9-11-15(7-3)17-13-24-19(21-17)23-20-22-18(14-25-20)16(8-4)12-10-6-2/h5-12,17-18H,1,4,13-14H2,2-3H3,(H,21,22,23)/b10-6-,11-9-,15-7+,16-12+. The molecular formula is C20H25N3O2. The van der Waals surface area contributed by atoms with Crippen LogP contribution in [0, 0.1) is 0 Å². The van der Waals surface area contributed by atoms with Crippen LogP contribution in [0.1, 0.15) is 13.8 Å². The Balaban J connectivity index is 2.02. The first-order valence-corrected chi connectivity index (χ1v) is 8.30. The first-order valence-electron chi connectivity index (χ1n) is 8.30. The van der Waals surface area contributed by atoms with Gasteiger partial charge < -0.3 is 9.47 Å². The van der Waals surface area contributed by atoms with Crippen molar-refractivity contribution in [1.82, 2.24) is 5.32 Å². The molecule has 0 saturated heterocycles. The highest BCUT2D eigenvalue weighted by Gasteiger charge is 2.26. The fourth-order valence-electron chi connectivity index (χ4n) is 2.42. The molecule has 2 atom stereocenters. The van der Waals surface area contributed by atoms with E-state index in [1.165, 1.54) is 0 Å². The Morgan fingerprint density at radius 1 is 1.04 bits per heavy atom. The summed E-state index contributed by atoms with van der Waals surface area (Å²) in [6, 6.07) is 0.727. The summed E-state index contributed by atoms with van der Waals surface area (Å²) in [4.78, 5) is 9.06. The SMILES string of the molecule is C=C/C=C\C(=C/C)C1COC(NC2=NC(/C(C=C)=C/C=C\C)CO2)=N1. The predicted molar refractivity (Wildman–Crippen MR) is 104 cm³/mol. The molecule has 2 heterocycles. The van der Waals surface area contributed by atoms with Crippen LogP contribution in [-0.2, 0) is 9.47 Å². The van der Waals surface area contributed by atoms with Gasteiger partial charge in [0.1, 0.15) is 25.3 Å². The number of nitrogens with zero attached hydrogens (tertiary/aromatic N) is 2. The molecule has 0 radical (unpaired) electrons. The largest absolute Gasteiger partial charge is 0.462 e. The molecule has 25 heavy (non-hydrogen) atoms. The van der Waals surface area contributed by atoms with Gasteiger partial charge in [0.05, 0.1) is 0 Å². The molecule has 2 aliphatic heterocycles. The van der Waals surface area contributed by atoms with Crippen LogP contribution in [0.4, 0.5) is 0 Å². The molecule has 0 spiro atoms. The minimum Gasteiger partial charge on any atom is -0.462 e. The topological polar surface area (TPSA) is 55.2 Å². The molecule has 2 unspecified atom stereocenters. The number of hydrogen-bond acceptors (Lipinski definition) is 5. The molecule has 0 aliphatic carbocycles. The minimum absolute atomic E-state index is 0.0418. The Morgan fingerprint density at radius 3 is 2.20 bits per heavy atom. The molecule has 1 N–H and O–H groups in total. The summed E-state index contributed by atoms with van der Waals surface area (Å²) in [6.07, 6.45) is 15.3. The molecule has 0 amide bonds. The van der Waals surface area contributed by atoms with Gasteiger partial charge in [0.15, 0.2) is 0 Å². The Morgan fingerprint density at radius 2 is 1.68 bits per heavy atom. The summed E-state index contributed by atoms with van der Waals surface area (Å²) >= 11 is 0. The van der Waals surface area contributed by atoms with Crippen LogP contribution in [0.2, 0.25) is 0 Å². The normalized spacial score (nSPS) is 24.1. The average molecular weight is 339 g/mol. The Bertz CT molecular complexity index is 681. The third-order valence-electron chi connectivity index (χ3n) is 3.76. The van der Waals surface area contributed by atoms with Gasteiger partial charge in [-0.3, -0.25) is 5.32 Å². The molecule has 0 saturated carbocycles. The van der Waals surface area contributed by atoms with Crippen LogP contribution in [-0.4, -0.2) is 37.3 Å². The number of nitrogens with one attached hydrogen (secondary N) is 1. The van der Waals surface area contributed by atoms with Crippen molar-refractivity contribution in [2.75, 3.05) is 13.2 Å². The van der Waals surface area contributed by atoms with Crippen LogP contribution >= 0.6 is 0 Å². The van der Waals surface area contributed by atoms with E-state index in [-0.39, 0.29) is 12.1 Å². The predicted octanol–water partition coefficient (Wildman–Crippen LogP) is 3.46. The van der Waals surface area contributed by atoms with E-state index >= 15 is 0 Å². The lowest BCUT2D eigenvalue weighted by Crippen LogP contribution is -2.30. The van der Waals surface area contributed by atoms with E-state index in [0.29, 0.717) is 25.3 Å². The lowest BCUT2D eigenvalue weighted by molar-refractivity contribution is 0.301. The van der Waals surface area contributed by atoms with Gasteiger partial charge in [0.25, 0.3) is 12.0 Å². The van der Waals surface area contributed by atoms with Crippen LogP contribution < -0.4 is 5.32 Å². The summed E-state index contributed by atoms with van der Waals surface area (Å²) < 4.78 is 11.2. The van der Waals surface area contributed by atoms with Crippen molar-refractivity contribution in [3.8, 4) is 0 Å². The molecule has 5 nitrogen and oxygen atoms in total. The number of ether oxygens (including phenoxy) is 2. The van der Waals surface area contributed by atoms with Crippen molar-refractivity contribution in [3.63, 3.8) is 0 Å². The zero-order valence-electron chi connectivity index (χ0n) is 14.8. The highest BCUT2D eigenvalue weighted by atomic mass is 16.5. The fourth-order valence-corrected chi connectivity index (χ4v) is 2.42. The van der Waals surface area contributed by atoms with E-state index in [9.17, 15) is 0 Å². The third-order valence-corrected chi connectivity index (χ3v) is 3.76. The van der Waals surface area contributed by atoms with Crippen LogP contribution in [0.25, 0.3) is 0 Å². The van der Waals surface area contributed by atoms with Crippen molar-refractivity contribution >= 4 is 12.0 Å². The first kappa shape index (κ1) is 18.5. The van der Waals surface area contributed by atoms with Crippen LogP contribution in [0.5, 0.6) is 0 Å². The third kappa shape index (κ3) is 5.08. The Labute approximate surface area is 149 Å². The minimum atomic E-state index is -0.0735. The van der Waals surface area contributed by atoms with E-state index < -0.39 is 0 Å². The lowest BCUT2D eigenvalue weighted by atomic mass is 10.1. The zero-order valence-corrected chi connectivity index (χ0v) is 14.8. The molecule has 2 rings (SSSR count). The second-order valence-corrected chi connectivity index (χ2v) is 5.43. The Hall–Kier alpha value is -2.82. The molecule has 2 aliphatic rings. The average Bonchev–Trinajstić information content (AvgIpc) is 3.27. The number of hydrogen-bond donors (Lipinski definition) is 1. The van der Waals surface area contributed by atoms with Gasteiger partial charge in [0, 0.05) is 0 Å². The van der Waals surface area contributed by atoms with Gasteiger partial charge in [-0.1, -0.05) is 61.8 Å². The van der Waals surface area contributed by atoms with E-state index in [1.54, 1.807) is 12.2 Å². The zero-order chi connectivity index (χ0) is 18.1. The van der Waals surface area contributed by atoms with Gasteiger partial charge >= 0.3 is 0 Å². The van der Waals surface area contributed by atoms with Gasteiger partial charge in [0.2, 0.25) is 0 Å². The van der Waals surface area contributed by atoms with Gasteiger partial charge in [-0.2, -0.15) is 0 Å². The molecule has 0 aromatic heterocycles. The summed E-state index contributed by atoms with van der Waals surface area (Å²) in [6.45, 7) is 12.4. The smallest absolute Gasteiger partial charge is 0.293 e. The first-order chi connectivity index (χ1) is 12.2. The molecular weight excluding hydrogens is 314 g/mol. The fraction of sp³-hybridized carbons (Fsp3) is 0.300. The van der Waals surface area contributed by atoms with Crippen LogP contribution in [0.3, 0.4) is 0 Å². The maximum atomic E-state index is 5.61. The maximum Gasteiger partial charge on any atom is 0.293 e. The molecule has 5 heteroatoms. The molecule has 132 valence electrons. The molecule has 0 aromatic rings. The van der Waals surface area contributed by atoms with E-state index in [1.807, 2.05) is 50.3 Å². The number of rotatable bonds is 6. The van der Waals surface area contributed by atoms with Crippen molar-refractivity contribution in [2.24, 2.45) is 9.98 Å². The van der Waals surface area contributed by atoms with E-state index in [4.69, 9.17) is 9.47 Å². The highest BCUT2D eigenvalue weighted by Crippen LogP contribution is 2.17. The lowest BCUT2D eigenvalue weighted by Gasteiger charge is -2.04. The number of amidine groups is 2. The number of allylic oxidation sites excluding steroid dienone is 6. The Kier molecular flexibility index (Phi) is 7.01. The summed E-state index contributed by atoms with van der Waals surface area (Å²) in [5.41, 5.74) is 2.08.